The van der Waals surface area contributed by atoms with Gasteiger partial charge in [0.1, 0.15) is 0 Å². The Labute approximate surface area is 255 Å². The molecule has 0 spiro atoms. The molecule has 0 heterocycles. The van der Waals surface area contributed by atoms with E-state index in [0.29, 0.717) is 0 Å². The van der Waals surface area contributed by atoms with Gasteiger partial charge in [-0.25, -0.2) is 0 Å². The normalized spacial score (nSPS) is 21.5. The monoisotopic (exact) mass is 554 g/mol. The lowest BCUT2D eigenvalue weighted by Crippen LogP contribution is -2.27. The number of aryl methyl sites for hydroxylation is 1. The number of rotatable bonds is 4. The van der Waals surface area contributed by atoms with E-state index in [9.17, 15) is 0 Å². The van der Waals surface area contributed by atoms with Crippen molar-refractivity contribution in [1.82, 2.24) is 0 Å². The van der Waals surface area contributed by atoms with Crippen molar-refractivity contribution in [3.05, 3.63) is 135 Å². The van der Waals surface area contributed by atoms with Gasteiger partial charge in [-0.15, -0.1) is 0 Å². The average molecular weight is 555 g/mol. The molecule has 5 rings (SSSR count). The maximum absolute atomic E-state index is 2.60. The van der Waals surface area contributed by atoms with Crippen molar-refractivity contribution in [2.24, 2.45) is 5.41 Å². The lowest BCUT2D eigenvalue weighted by atomic mass is 9.66. The van der Waals surface area contributed by atoms with Crippen molar-refractivity contribution in [2.75, 3.05) is 0 Å². The zero-order chi connectivity index (χ0) is 30.8. The van der Waals surface area contributed by atoms with Gasteiger partial charge in [0.25, 0.3) is 0 Å². The fourth-order valence-corrected chi connectivity index (χ4v) is 7.45. The second-order valence-electron chi connectivity index (χ2n) is 15.0. The Balaban J connectivity index is 2.04. The van der Waals surface area contributed by atoms with Crippen molar-refractivity contribution >= 4 is 16.3 Å². The van der Waals surface area contributed by atoms with Crippen molar-refractivity contribution in [2.45, 2.75) is 99.3 Å². The molecule has 0 bridgehead atoms. The van der Waals surface area contributed by atoms with Crippen LogP contribution in [0.15, 0.2) is 102 Å². The predicted molar refractivity (Wildman–Crippen MR) is 185 cm³/mol. The molecule has 3 aromatic carbocycles. The van der Waals surface area contributed by atoms with Crippen LogP contribution in [0.4, 0.5) is 0 Å². The van der Waals surface area contributed by atoms with E-state index < -0.39 is 5.41 Å². The van der Waals surface area contributed by atoms with Gasteiger partial charge in [0.2, 0.25) is 0 Å². The molecule has 0 amide bonds. The highest BCUT2D eigenvalue weighted by molar-refractivity contribution is 6.11. The largest absolute Gasteiger partial charge is 0.0874 e. The van der Waals surface area contributed by atoms with Crippen LogP contribution in [0.2, 0.25) is 0 Å². The van der Waals surface area contributed by atoms with Crippen LogP contribution < -0.4 is 0 Å². The quantitative estimate of drug-likeness (QED) is 0.281. The van der Waals surface area contributed by atoms with E-state index in [1.807, 2.05) is 0 Å². The first-order valence-corrected chi connectivity index (χ1v) is 15.7. The van der Waals surface area contributed by atoms with Crippen molar-refractivity contribution in [3.8, 4) is 0 Å². The third-order valence-corrected chi connectivity index (χ3v) is 9.66. The van der Waals surface area contributed by atoms with Crippen LogP contribution in [0.1, 0.15) is 110 Å². The van der Waals surface area contributed by atoms with Crippen LogP contribution in [0.3, 0.4) is 0 Å². The molecule has 0 N–H and O–H groups in total. The molecule has 2 aliphatic carbocycles. The Morgan fingerprint density at radius 2 is 1.45 bits per heavy atom. The minimum atomic E-state index is -0.415. The molecule has 0 aromatic heterocycles. The van der Waals surface area contributed by atoms with Crippen LogP contribution in [0, 0.1) is 12.3 Å². The van der Waals surface area contributed by atoms with Gasteiger partial charge >= 0.3 is 0 Å². The first-order valence-electron chi connectivity index (χ1n) is 15.7. The Hall–Kier alpha value is -3.38. The summed E-state index contributed by atoms with van der Waals surface area (Å²) in [6, 6.07) is 19.2. The van der Waals surface area contributed by atoms with E-state index in [1.165, 1.54) is 66.4 Å². The zero-order valence-corrected chi connectivity index (χ0v) is 28.1. The maximum atomic E-state index is 2.60. The molecule has 2 aliphatic rings. The second kappa shape index (κ2) is 10.1. The summed E-state index contributed by atoms with van der Waals surface area (Å²) in [5.41, 5.74) is 13.4. The molecule has 1 atom stereocenters. The molecule has 0 saturated heterocycles. The molecule has 0 heteroatoms. The summed E-state index contributed by atoms with van der Waals surface area (Å²) in [5.74, 6) is 0. The SMILES string of the molecule is C/C=C\C(=C/C1(c2ccc(C(C)(C)C)cc2)/C(=C/C)C2=C(/C=C/C)C(C)(C)c3cc(C)cc4ccc1c2c34)C(C)(C)C. The fraction of sp³-hybridized carbons (Fsp3) is 0.381. The highest BCUT2D eigenvalue weighted by atomic mass is 14.5. The molecule has 0 saturated carbocycles. The van der Waals surface area contributed by atoms with Gasteiger partial charge in [-0.1, -0.05) is 146 Å². The topological polar surface area (TPSA) is 0 Å². The summed E-state index contributed by atoms with van der Waals surface area (Å²) in [4.78, 5) is 0. The average Bonchev–Trinajstić information content (AvgIpc) is 3.19. The molecule has 3 aromatic rings. The predicted octanol–water partition coefficient (Wildman–Crippen LogP) is 11.9. The first-order chi connectivity index (χ1) is 19.6. The lowest BCUT2D eigenvalue weighted by molar-refractivity contribution is 0.510. The summed E-state index contributed by atoms with van der Waals surface area (Å²) >= 11 is 0. The van der Waals surface area contributed by atoms with Crippen LogP contribution >= 0.6 is 0 Å². The van der Waals surface area contributed by atoms with E-state index in [2.05, 4.69) is 168 Å². The van der Waals surface area contributed by atoms with E-state index in [0.717, 1.165) is 0 Å². The summed E-state index contributed by atoms with van der Waals surface area (Å²) in [7, 11) is 0. The summed E-state index contributed by atoms with van der Waals surface area (Å²) < 4.78 is 0. The van der Waals surface area contributed by atoms with Gasteiger partial charge in [0, 0.05) is 5.41 Å². The first kappa shape index (κ1) is 30.1. The zero-order valence-electron chi connectivity index (χ0n) is 28.1. The molecule has 42 heavy (non-hydrogen) atoms. The number of hydrogen-bond donors (Lipinski definition) is 0. The van der Waals surface area contributed by atoms with Crippen LogP contribution in [-0.4, -0.2) is 0 Å². The number of benzene rings is 3. The molecular weight excluding hydrogens is 504 g/mol. The number of hydrogen-bond acceptors (Lipinski definition) is 0. The van der Waals surface area contributed by atoms with Crippen LogP contribution in [0.25, 0.3) is 16.3 Å². The van der Waals surface area contributed by atoms with E-state index in [4.69, 9.17) is 0 Å². The van der Waals surface area contributed by atoms with Gasteiger partial charge in [0.15, 0.2) is 0 Å². The van der Waals surface area contributed by atoms with Gasteiger partial charge in [-0.05, 0) is 99.4 Å². The maximum Gasteiger partial charge on any atom is 0.0647 e. The summed E-state index contributed by atoms with van der Waals surface area (Å²) in [6.07, 6.45) is 14.1. The van der Waals surface area contributed by atoms with Crippen molar-refractivity contribution in [3.63, 3.8) is 0 Å². The summed E-state index contributed by atoms with van der Waals surface area (Å²) in [5, 5.41) is 2.77. The lowest BCUT2D eigenvalue weighted by Gasteiger charge is -2.36. The minimum absolute atomic E-state index is 0.0128. The minimum Gasteiger partial charge on any atom is -0.0874 e. The highest BCUT2D eigenvalue weighted by Crippen LogP contribution is 2.62. The highest BCUT2D eigenvalue weighted by Gasteiger charge is 2.51. The molecule has 0 nitrogen and oxygen atoms in total. The van der Waals surface area contributed by atoms with E-state index >= 15 is 0 Å². The third-order valence-electron chi connectivity index (χ3n) is 9.66. The van der Waals surface area contributed by atoms with Gasteiger partial charge in [0.05, 0.1) is 5.41 Å². The van der Waals surface area contributed by atoms with Crippen molar-refractivity contribution < 1.29 is 0 Å². The van der Waals surface area contributed by atoms with Crippen LogP contribution in [-0.2, 0) is 16.2 Å². The molecule has 0 aliphatic heterocycles. The molecule has 218 valence electrons. The molecule has 0 fully saturated rings. The van der Waals surface area contributed by atoms with Gasteiger partial charge in [-0.3, -0.25) is 0 Å². The van der Waals surface area contributed by atoms with E-state index in [-0.39, 0.29) is 16.2 Å². The second-order valence-corrected chi connectivity index (χ2v) is 15.0. The Bertz CT molecular complexity index is 1710. The Morgan fingerprint density at radius 1 is 0.786 bits per heavy atom. The van der Waals surface area contributed by atoms with Gasteiger partial charge < -0.3 is 0 Å². The smallest absolute Gasteiger partial charge is 0.0647 e. The Morgan fingerprint density at radius 3 is 2.00 bits per heavy atom. The van der Waals surface area contributed by atoms with Crippen molar-refractivity contribution in [1.29, 1.82) is 0 Å². The fourth-order valence-electron chi connectivity index (χ4n) is 7.45. The molecule has 0 radical (unpaired) electrons. The van der Waals surface area contributed by atoms with Gasteiger partial charge in [-0.2, -0.15) is 0 Å². The third kappa shape index (κ3) is 4.41. The summed E-state index contributed by atoms with van der Waals surface area (Å²) in [6.45, 7) is 27.5. The standard InChI is InChI=1S/C42H50/c1-13-16-31(40(8,9)10)26-42(30-21-19-29(20-22-30)39(5,6)7)32(15-3)37-33(17-14-2)41(11,12)35-25-27(4)24-28-18-23-34(42)38(37)36(28)35/h13-26H,1-12H3/b16-13-,17-14+,31-26+,32-15+. The van der Waals surface area contributed by atoms with E-state index in [1.54, 1.807) is 0 Å². The molecular formula is C42H50. The van der Waals surface area contributed by atoms with Crippen LogP contribution in [0.5, 0.6) is 0 Å². The number of allylic oxidation sites excluding steroid dienone is 10. The molecule has 1 unspecified atom stereocenters. The Kier molecular flexibility index (Phi) is 7.25.